The van der Waals surface area contributed by atoms with Gasteiger partial charge in [-0.05, 0) is 37.0 Å². The Bertz CT molecular complexity index is 572. The van der Waals surface area contributed by atoms with Gasteiger partial charge in [-0.15, -0.1) is 0 Å². The van der Waals surface area contributed by atoms with Gasteiger partial charge in [0.15, 0.2) is 0 Å². The molecule has 0 atom stereocenters. The van der Waals surface area contributed by atoms with Crippen LogP contribution < -0.4 is 10.5 Å². The van der Waals surface area contributed by atoms with Crippen molar-refractivity contribution in [1.29, 1.82) is 0 Å². The van der Waals surface area contributed by atoms with E-state index in [1.54, 1.807) is 7.11 Å². The number of rotatable bonds is 7. The zero-order chi connectivity index (χ0) is 15.2. The van der Waals surface area contributed by atoms with Crippen LogP contribution in [0.5, 0.6) is 5.75 Å². The minimum atomic E-state index is 0.578. The van der Waals surface area contributed by atoms with Gasteiger partial charge >= 0.3 is 0 Å². The van der Waals surface area contributed by atoms with Crippen molar-refractivity contribution in [2.45, 2.75) is 46.2 Å². The van der Waals surface area contributed by atoms with Gasteiger partial charge in [0.1, 0.15) is 5.75 Å². The van der Waals surface area contributed by atoms with Gasteiger partial charge in [0.05, 0.1) is 12.8 Å². The van der Waals surface area contributed by atoms with Gasteiger partial charge in [0, 0.05) is 24.3 Å². The molecule has 0 saturated heterocycles. The lowest BCUT2D eigenvalue weighted by molar-refractivity contribution is 0.414. The SMILES string of the molecule is CCc1nn(CCc2ccc(OC)cc2)c(CC)c1CN. The second-order valence-corrected chi connectivity index (χ2v) is 5.10. The molecule has 1 aromatic carbocycles. The third-order valence-corrected chi connectivity index (χ3v) is 3.89. The fourth-order valence-corrected chi connectivity index (χ4v) is 2.72. The maximum atomic E-state index is 5.89. The molecule has 0 spiro atoms. The number of hydrogen-bond acceptors (Lipinski definition) is 3. The van der Waals surface area contributed by atoms with Crippen LogP contribution in [0.15, 0.2) is 24.3 Å². The maximum absolute atomic E-state index is 5.89. The van der Waals surface area contributed by atoms with E-state index < -0.39 is 0 Å². The molecule has 2 rings (SSSR count). The molecule has 2 aromatic rings. The van der Waals surface area contributed by atoms with E-state index in [1.807, 2.05) is 12.1 Å². The zero-order valence-corrected chi connectivity index (χ0v) is 13.2. The Hall–Kier alpha value is -1.81. The smallest absolute Gasteiger partial charge is 0.118 e. The summed E-state index contributed by atoms with van der Waals surface area (Å²) in [6.07, 6.45) is 2.88. The molecule has 4 heteroatoms. The van der Waals surface area contributed by atoms with E-state index >= 15 is 0 Å². The Morgan fingerprint density at radius 1 is 1.14 bits per heavy atom. The third kappa shape index (κ3) is 3.45. The number of aromatic nitrogens is 2. The summed E-state index contributed by atoms with van der Waals surface area (Å²) in [5.41, 5.74) is 10.8. The van der Waals surface area contributed by atoms with E-state index in [1.165, 1.54) is 16.8 Å². The summed E-state index contributed by atoms with van der Waals surface area (Å²) >= 11 is 0. The lowest BCUT2D eigenvalue weighted by atomic mass is 10.1. The van der Waals surface area contributed by atoms with Crippen molar-refractivity contribution in [1.82, 2.24) is 9.78 Å². The minimum absolute atomic E-state index is 0.578. The number of hydrogen-bond donors (Lipinski definition) is 1. The Labute approximate surface area is 126 Å². The highest BCUT2D eigenvalue weighted by molar-refractivity contribution is 5.28. The van der Waals surface area contributed by atoms with E-state index in [2.05, 4.69) is 30.7 Å². The minimum Gasteiger partial charge on any atom is -0.497 e. The average Bonchev–Trinajstić information content (AvgIpc) is 2.90. The van der Waals surface area contributed by atoms with Crippen LogP contribution in [0.3, 0.4) is 0 Å². The molecule has 1 aromatic heterocycles. The lowest BCUT2D eigenvalue weighted by Crippen LogP contribution is -2.09. The highest BCUT2D eigenvalue weighted by Crippen LogP contribution is 2.17. The molecule has 0 aliphatic rings. The van der Waals surface area contributed by atoms with Crippen LogP contribution in [0.25, 0.3) is 0 Å². The lowest BCUT2D eigenvalue weighted by Gasteiger charge is -2.08. The van der Waals surface area contributed by atoms with Crippen LogP contribution in [-0.4, -0.2) is 16.9 Å². The molecule has 0 saturated carbocycles. The summed E-state index contributed by atoms with van der Waals surface area (Å²) in [6.45, 7) is 5.77. The molecule has 0 unspecified atom stereocenters. The number of nitrogens with two attached hydrogens (primary N) is 1. The van der Waals surface area contributed by atoms with E-state index in [0.717, 1.165) is 37.3 Å². The summed E-state index contributed by atoms with van der Waals surface area (Å²) in [7, 11) is 1.69. The second-order valence-electron chi connectivity index (χ2n) is 5.10. The highest BCUT2D eigenvalue weighted by atomic mass is 16.5. The largest absolute Gasteiger partial charge is 0.497 e. The van der Waals surface area contributed by atoms with Crippen LogP contribution in [0, 0.1) is 0 Å². The monoisotopic (exact) mass is 287 g/mol. The van der Waals surface area contributed by atoms with Gasteiger partial charge in [-0.25, -0.2) is 0 Å². The fourth-order valence-electron chi connectivity index (χ4n) is 2.72. The van der Waals surface area contributed by atoms with Gasteiger partial charge in [-0.3, -0.25) is 4.68 Å². The molecule has 2 N–H and O–H groups in total. The fraction of sp³-hybridized carbons (Fsp3) is 0.471. The Balaban J connectivity index is 2.13. The first-order valence-corrected chi connectivity index (χ1v) is 7.63. The van der Waals surface area contributed by atoms with Gasteiger partial charge in [-0.2, -0.15) is 5.10 Å². The van der Waals surface area contributed by atoms with Crippen molar-refractivity contribution in [2.75, 3.05) is 7.11 Å². The normalized spacial score (nSPS) is 10.9. The van der Waals surface area contributed by atoms with E-state index in [-0.39, 0.29) is 0 Å². The predicted octanol–water partition coefficient (Wildman–Crippen LogP) is 2.72. The van der Waals surface area contributed by atoms with E-state index in [4.69, 9.17) is 15.6 Å². The van der Waals surface area contributed by atoms with Crippen molar-refractivity contribution in [3.8, 4) is 5.75 Å². The van der Waals surface area contributed by atoms with Crippen LogP contribution >= 0.6 is 0 Å². The van der Waals surface area contributed by atoms with E-state index in [9.17, 15) is 0 Å². The Morgan fingerprint density at radius 2 is 1.86 bits per heavy atom. The maximum Gasteiger partial charge on any atom is 0.118 e. The van der Waals surface area contributed by atoms with Crippen LogP contribution in [-0.2, 0) is 32.4 Å². The molecule has 0 bridgehead atoms. The molecule has 4 nitrogen and oxygen atoms in total. The number of benzene rings is 1. The zero-order valence-electron chi connectivity index (χ0n) is 13.2. The van der Waals surface area contributed by atoms with Crippen molar-refractivity contribution >= 4 is 0 Å². The van der Waals surface area contributed by atoms with Crippen molar-refractivity contribution < 1.29 is 4.74 Å². The average molecular weight is 287 g/mol. The van der Waals surface area contributed by atoms with Gasteiger partial charge in [0.2, 0.25) is 0 Å². The molecule has 1 heterocycles. The highest BCUT2D eigenvalue weighted by Gasteiger charge is 2.13. The van der Waals surface area contributed by atoms with Crippen molar-refractivity contribution in [2.24, 2.45) is 5.73 Å². The van der Waals surface area contributed by atoms with Gasteiger partial charge < -0.3 is 10.5 Å². The molecule has 114 valence electrons. The Kier molecular flexibility index (Phi) is 5.39. The number of ether oxygens (including phenoxy) is 1. The topological polar surface area (TPSA) is 53.1 Å². The van der Waals surface area contributed by atoms with Crippen LogP contribution in [0.4, 0.5) is 0 Å². The summed E-state index contributed by atoms with van der Waals surface area (Å²) in [6, 6.07) is 8.22. The summed E-state index contributed by atoms with van der Waals surface area (Å²) in [4.78, 5) is 0. The van der Waals surface area contributed by atoms with Crippen LogP contribution in [0.1, 0.15) is 36.4 Å². The summed E-state index contributed by atoms with van der Waals surface area (Å²) in [5.74, 6) is 0.894. The number of aryl methyl sites for hydroxylation is 3. The first-order chi connectivity index (χ1) is 10.2. The second kappa shape index (κ2) is 7.27. The van der Waals surface area contributed by atoms with Crippen LogP contribution in [0.2, 0.25) is 0 Å². The molecular formula is C17H25N3O. The quantitative estimate of drug-likeness (QED) is 0.852. The third-order valence-electron chi connectivity index (χ3n) is 3.89. The molecule has 0 aliphatic heterocycles. The molecule has 21 heavy (non-hydrogen) atoms. The molecule has 0 aliphatic carbocycles. The first kappa shape index (κ1) is 15.6. The molecule has 0 fully saturated rings. The van der Waals surface area contributed by atoms with E-state index in [0.29, 0.717) is 6.54 Å². The number of methoxy groups -OCH3 is 1. The predicted molar refractivity (Wildman–Crippen MR) is 85.6 cm³/mol. The standard InChI is InChI=1S/C17H25N3O/c1-4-16-15(12-18)17(5-2)20(19-16)11-10-13-6-8-14(21-3)9-7-13/h6-9H,4-5,10-12,18H2,1-3H3. The summed E-state index contributed by atoms with van der Waals surface area (Å²) in [5, 5.41) is 4.73. The van der Waals surface area contributed by atoms with Gasteiger partial charge in [-0.1, -0.05) is 26.0 Å². The first-order valence-electron chi connectivity index (χ1n) is 7.63. The summed E-state index contributed by atoms with van der Waals surface area (Å²) < 4.78 is 7.32. The number of nitrogens with zero attached hydrogens (tertiary/aromatic N) is 2. The van der Waals surface area contributed by atoms with Crippen molar-refractivity contribution in [3.63, 3.8) is 0 Å². The van der Waals surface area contributed by atoms with Crippen molar-refractivity contribution in [3.05, 3.63) is 46.8 Å². The molecular weight excluding hydrogens is 262 g/mol. The molecule has 0 amide bonds. The van der Waals surface area contributed by atoms with Gasteiger partial charge in [0.25, 0.3) is 0 Å². The Morgan fingerprint density at radius 3 is 2.38 bits per heavy atom. The molecule has 0 radical (unpaired) electrons.